The first-order valence-corrected chi connectivity index (χ1v) is 17.6. The van der Waals surface area contributed by atoms with Crippen LogP contribution in [-0.2, 0) is 28.7 Å². The highest BCUT2D eigenvalue weighted by Gasteiger charge is 2.75. The van der Waals surface area contributed by atoms with Gasteiger partial charge in [0.2, 0.25) is 17.7 Å². The van der Waals surface area contributed by atoms with Crippen molar-refractivity contribution in [3.05, 3.63) is 58.6 Å². The van der Waals surface area contributed by atoms with Gasteiger partial charge in [0, 0.05) is 36.6 Å². The van der Waals surface area contributed by atoms with E-state index in [9.17, 15) is 24.3 Å². The number of unbranched alkanes of at least 4 members (excludes halogenated alkanes) is 2. The topological polar surface area (TPSA) is 125 Å². The molecule has 1 aliphatic carbocycles. The number of benzene rings is 1. The smallest absolute Gasteiger partial charge is 0.313 e. The van der Waals surface area contributed by atoms with E-state index in [-0.39, 0.29) is 43.3 Å². The number of likely N-dealkylation sites (tertiary alicyclic amines) is 1. The molecule has 0 radical (unpaired) electrons. The lowest BCUT2D eigenvalue weighted by atomic mass is 9.74. The summed E-state index contributed by atoms with van der Waals surface area (Å²) in [6.07, 6.45) is 11.8. The first-order valence-electron chi connectivity index (χ1n) is 16.8. The number of allylic oxidation sites excluding steroid dienone is 1. The van der Waals surface area contributed by atoms with Gasteiger partial charge in [-0.3, -0.25) is 19.2 Å². The summed E-state index contributed by atoms with van der Waals surface area (Å²) in [5, 5.41) is 12.3. The van der Waals surface area contributed by atoms with Gasteiger partial charge in [0.15, 0.2) is 0 Å². The zero-order valence-electron chi connectivity index (χ0n) is 26.2. The third-order valence-corrected chi connectivity index (χ3v) is 10.9. The Hall–Kier alpha value is -3.02. The molecule has 6 rings (SSSR count). The van der Waals surface area contributed by atoms with Gasteiger partial charge in [-0.15, -0.1) is 0 Å². The van der Waals surface area contributed by atoms with Gasteiger partial charge in [-0.2, -0.15) is 0 Å². The molecule has 1 saturated carbocycles. The fraction of sp³-hybridized carbons (Fsp3) is 0.600. The van der Waals surface area contributed by atoms with Crippen LogP contribution in [0.25, 0.3) is 0 Å². The molecule has 1 aromatic rings. The predicted molar refractivity (Wildman–Crippen MR) is 173 cm³/mol. The van der Waals surface area contributed by atoms with Crippen LogP contribution in [-0.4, -0.2) is 88.6 Å². The highest BCUT2D eigenvalue weighted by atomic mass is 79.9. The molecule has 4 aliphatic heterocycles. The number of amides is 3. The summed E-state index contributed by atoms with van der Waals surface area (Å²) < 4.78 is 13.4. The minimum Gasteiger partial charge on any atom is -0.455 e. The number of hydrogen-bond acceptors (Lipinski definition) is 7. The van der Waals surface area contributed by atoms with E-state index in [1.165, 1.54) is 0 Å². The zero-order valence-corrected chi connectivity index (χ0v) is 27.7. The Kier molecular flexibility index (Phi) is 10.3. The summed E-state index contributed by atoms with van der Waals surface area (Å²) in [5.41, 5.74) is -0.596. The normalized spacial score (nSPS) is 33.1. The zero-order chi connectivity index (χ0) is 32.3. The highest BCUT2D eigenvalue weighted by Crippen LogP contribution is 2.59. The summed E-state index contributed by atoms with van der Waals surface area (Å²) >= 11 is 3.63. The van der Waals surface area contributed by atoms with E-state index >= 15 is 0 Å². The lowest BCUT2D eigenvalue weighted by molar-refractivity contribution is -0.160. The third kappa shape index (κ3) is 6.30. The molecule has 5 aliphatic rings. The molecule has 3 amide bonds. The Morgan fingerprint density at radius 1 is 0.978 bits per heavy atom. The van der Waals surface area contributed by atoms with Crippen molar-refractivity contribution in [1.29, 1.82) is 0 Å². The molecular weight excluding hydrogens is 654 g/mol. The van der Waals surface area contributed by atoms with Gasteiger partial charge in [-0.25, -0.2) is 0 Å². The lowest BCUT2D eigenvalue weighted by Crippen LogP contribution is -2.58. The number of hydrogen-bond donors (Lipinski definition) is 2. The molecule has 10 nitrogen and oxygen atoms in total. The SMILES string of the molecule is O=C1CC/C=C\CN(C2CCCCC2)C(=O)[C@H]2N(CCCCCO)C(=O)[C@@H]3[C@@H](C(=O)O[C@@H](c4ccccc4)CN1)[C@@H]1O[C@@]32C=C1Br. The lowest BCUT2D eigenvalue weighted by Gasteiger charge is -2.40. The number of aliphatic hydroxyl groups is 1. The first-order chi connectivity index (χ1) is 22.4. The Balaban J connectivity index is 1.40. The number of esters is 1. The molecule has 2 saturated heterocycles. The number of ether oxygens (including phenoxy) is 2. The molecule has 0 aromatic heterocycles. The van der Waals surface area contributed by atoms with Crippen LogP contribution >= 0.6 is 15.9 Å². The second-order valence-corrected chi connectivity index (χ2v) is 14.0. The molecule has 6 atom stereocenters. The molecule has 1 spiro atoms. The Morgan fingerprint density at radius 2 is 1.76 bits per heavy atom. The summed E-state index contributed by atoms with van der Waals surface area (Å²) in [6, 6.07) is 8.32. The van der Waals surface area contributed by atoms with Crippen LogP contribution in [0, 0.1) is 11.8 Å². The summed E-state index contributed by atoms with van der Waals surface area (Å²) in [7, 11) is 0. The Bertz CT molecular complexity index is 1360. The van der Waals surface area contributed by atoms with Gasteiger partial charge in [0.1, 0.15) is 29.8 Å². The highest BCUT2D eigenvalue weighted by molar-refractivity contribution is 9.11. The molecular formula is C35H44BrN3O7. The van der Waals surface area contributed by atoms with Crippen molar-refractivity contribution >= 4 is 39.6 Å². The third-order valence-electron chi connectivity index (χ3n) is 10.2. The molecule has 46 heavy (non-hydrogen) atoms. The van der Waals surface area contributed by atoms with Crippen LogP contribution in [0.3, 0.4) is 0 Å². The molecule has 2 N–H and O–H groups in total. The molecule has 11 heteroatoms. The number of carbonyl (C=O) groups excluding carboxylic acids is 4. The average Bonchev–Trinajstić information content (AvgIpc) is 3.66. The fourth-order valence-electron chi connectivity index (χ4n) is 7.97. The minimum atomic E-state index is -1.32. The van der Waals surface area contributed by atoms with Crippen molar-refractivity contribution < 1.29 is 33.8 Å². The number of nitrogens with one attached hydrogen (secondary N) is 1. The molecule has 1 aromatic carbocycles. The fourth-order valence-corrected chi connectivity index (χ4v) is 8.71. The van der Waals surface area contributed by atoms with E-state index in [1.54, 1.807) is 4.90 Å². The van der Waals surface area contributed by atoms with Crippen LogP contribution in [0.15, 0.2) is 53.0 Å². The Morgan fingerprint density at radius 3 is 2.52 bits per heavy atom. The molecule has 248 valence electrons. The van der Waals surface area contributed by atoms with Gasteiger partial charge < -0.3 is 29.7 Å². The average molecular weight is 699 g/mol. The van der Waals surface area contributed by atoms with Crippen LogP contribution in [0.5, 0.6) is 0 Å². The number of fused-ring (bicyclic) bond motifs is 2. The van der Waals surface area contributed by atoms with Crippen molar-refractivity contribution in [2.24, 2.45) is 11.8 Å². The number of aliphatic hydroxyl groups excluding tert-OH is 1. The maximum Gasteiger partial charge on any atom is 0.313 e. The maximum atomic E-state index is 14.9. The minimum absolute atomic E-state index is 0.0245. The van der Waals surface area contributed by atoms with Crippen LogP contribution in [0.2, 0.25) is 0 Å². The summed E-state index contributed by atoms with van der Waals surface area (Å²) in [6.45, 7) is 0.833. The van der Waals surface area contributed by atoms with Crippen molar-refractivity contribution in [2.45, 2.75) is 94.1 Å². The largest absolute Gasteiger partial charge is 0.455 e. The predicted octanol–water partition coefficient (Wildman–Crippen LogP) is 3.93. The number of carbonyl (C=O) groups is 4. The van der Waals surface area contributed by atoms with Crippen LogP contribution < -0.4 is 5.32 Å². The van der Waals surface area contributed by atoms with Crippen LogP contribution in [0.1, 0.15) is 75.9 Å². The van der Waals surface area contributed by atoms with Gasteiger partial charge in [-0.1, -0.05) is 77.7 Å². The number of nitrogens with zero attached hydrogens (tertiary/aromatic N) is 2. The van der Waals surface area contributed by atoms with Gasteiger partial charge in [-0.05, 0) is 50.2 Å². The number of halogens is 1. The van der Waals surface area contributed by atoms with E-state index < -0.39 is 41.7 Å². The maximum absolute atomic E-state index is 14.9. The second kappa shape index (κ2) is 14.4. The van der Waals surface area contributed by atoms with E-state index in [0.29, 0.717) is 43.3 Å². The monoisotopic (exact) mass is 697 g/mol. The van der Waals surface area contributed by atoms with Crippen molar-refractivity contribution in [1.82, 2.24) is 15.1 Å². The second-order valence-electron chi connectivity index (χ2n) is 13.1. The molecule has 4 heterocycles. The van der Waals surface area contributed by atoms with Gasteiger partial charge in [0.05, 0.1) is 12.5 Å². The molecule has 5 bridgehead atoms. The van der Waals surface area contributed by atoms with Gasteiger partial charge in [0.25, 0.3) is 0 Å². The summed E-state index contributed by atoms with van der Waals surface area (Å²) in [4.78, 5) is 59.9. The quantitative estimate of drug-likeness (QED) is 0.251. The van der Waals surface area contributed by atoms with Crippen molar-refractivity contribution in [3.8, 4) is 0 Å². The van der Waals surface area contributed by atoms with Crippen molar-refractivity contribution in [2.75, 3.05) is 26.2 Å². The summed E-state index contributed by atoms with van der Waals surface area (Å²) in [5.74, 6) is -3.11. The van der Waals surface area contributed by atoms with E-state index in [1.807, 2.05) is 53.5 Å². The standard InChI is InChI=1S/C35H44BrN3O7/c36-25-21-35-29-28(30(25)46-35)34(44)45-26(23-13-5-1-6-14-23)22-37-27(41)17-9-3-10-18-38(24-15-7-2-8-16-24)33(43)31(35)39(32(29)42)19-11-4-12-20-40/h1,3,5-6,10,13-14,21,24,26,28-31,40H,2,4,7-9,11-12,15-20,22H2,(H,37,41)/b10-3-/t26-,28-,29+,30-,31-,35+/m1/s1. The van der Waals surface area contributed by atoms with E-state index in [4.69, 9.17) is 9.47 Å². The number of rotatable bonds is 7. The van der Waals surface area contributed by atoms with Crippen LogP contribution in [0.4, 0.5) is 0 Å². The van der Waals surface area contributed by atoms with Gasteiger partial charge >= 0.3 is 5.97 Å². The number of cyclic esters (lactones) is 1. The van der Waals surface area contributed by atoms with E-state index in [0.717, 1.165) is 37.7 Å². The Labute approximate surface area is 278 Å². The van der Waals surface area contributed by atoms with Crippen molar-refractivity contribution in [3.63, 3.8) is 0 Å². The first kappa shape index (κ1) is 32.9. The van der Waals surface area contributed by atoms with E-state index in [2.05, 4.69) is 21.2 Å². The molecule has 3 fully saturated rings. The molecule has 0 unspecified atom stereocenters.